The molecule has 0 spiro atoms. The second-order valence-corrected chi connectivity index (χ2v) is 6.11. The SMILES string of the molecule is CC(=O)Nc1cccc(C(=O)N[C@@H]2CCCC[C@H]2C(=O)NCC#N)c1. The molecule has 1 fully saturated rings. The summed E-state index contributed by atoms with van der Waals surface area (Å²) in [5.41, 5.74) is 0.972. The molecule has 0 radical (unpaired) electrons. The Balaban J connectivity index is 2.05. The van der Waals surface area contributed by atoms with Crippen LogP contribution >= 0.6 is 0 Å². The van der Waals surface area contributed by atoms with Gasteiger partial charge in [-0.05, 0) is 31.0 Å². The number of nitrogens with zero attached hydrogens (tertiary/aromatic N) is 1. The molecule has 1 aliphatic rings. The van der Waals surface area contributed by atoms with E-state index < -0.39 is 0 Å². The highest BCUT2D eigenvalue weighted by molar-refractivity contribution is 5.97. The number of rotatable bonds is 5. The first-order chi connectivity index (χ1) is 12.0. The Hall–Kier alpha value is -2.88. The molecule has 132 valence electrons. The monoisotopic (exact) mass is 342 g/mol. The lowest BCUT2D eigenvalue weighted by Crippen LogP contribution is -2.48. The van der Waals surface area contributed by atoms with E-state index >= 15 is 0 Å². The van der Waals surface area contributed by atoms with Crippen molar-refractivity contribution >= 4 is 23.4 Å². The number of nitrogens with one attached hydrogen (secondary N) is 3. The van der Waals surface area contributed by atoms with Gasteiger partial charge in [0.1, 0.15) is 6.54 Å². The first-order valence-corrected chi connectivity index (χ1v) is 8.34. The number of benzene rings is 1. The third-order valence-electron chi connectivity index (χ3n) is 4.21. The van der Waals surface area contributed by atoms with E-state index in [0.29, 0.717) is 17.7 Å². The lowest BCUT2D eigenvalue weighted by Gasteiger charge is -2.31. The van der Waals surface area contributed by atoms with E-state index in [9.17, 15) is 14.4 Å². The minimum Gasteiger partial charge on any atom is -0.349 e. The van der Waals surface area contributed by atoms with Crippen molar-refractivity contribution in [3.8, 4) is 6.07 Å². The molecular formula is C18H22N4O3. The van der Waals surface area contributed by atoms with E-state index in [1.54, 1.807) is 24.3 Å². The van der Waals surface area contributed by atoms with Gasteiger partial charge in [0.25, 0.3) is 5.91 Å². The fourth-order valence-electron chi connectivity index (χ4n) is 3.07. The zero-order chi connectivity index (χ0) is 18.2. The standard InChI is InChI=1S/C18H22N4O3/c1-12(23)21-14-6-4-5-13(11-14)17(24)22-16-8-3-2-7-15(16)18(25)20-10-9-19/h4-6,11,15-16H,2-3,7-8,10H2,1H3,(H,20,25)(H,21,23)(H,22,24)/t15-,16-/m1/s1. The third kappa shape index (κ3) is 5.31. The van der Waals surface area contributed by atoms with E-state index in [-0.39, 0.29) is 36.2 Å². The lowest BCUT2D eigenvalue weighted by molar-refractivity contribution is -0.126. The molecule has 0 bridgehead atoms. The normalized spacial score (nSPS) is 19.4. The Kier molecular flexibility index (Phi) is 6.52. The second-order valence-electron chi connectivity index (χ2n) is 6.11. The number of hydrogen-bond donors (Lipinski definition) is 3. The summed E-state index contributed by atoms with van der Waals surface area (Å²) in [6.45, 7) is 1.37. The van der Waals surface area contributed by atoms with Gasteiger partial charge in [0, 0.05) is 24.2 Å². The summed E-state index contributed by atoms with van der Waals surface area (Å²) >= 11 is 0. The number of carbonyl (C=O) groups excluding carboxylic acids is 3. The summed E-state index contributed by atoms with van der Waals surface area (Å²) in [4.78, 5) is 35.9. The van der Waals surface area contributed by atoms with Crippen LogP contribution in [0.25, 0.3) is 0 Å². The number of hydrogen-bond acceptors (Lipinski definition) is 4. The summed E-state index contributed by atoms with van der Waals surface area (Å²) in [5, 5.41) is 16.7. The van der Waals surface area contributed by atoms with Crippen LogP contribution in [0.2, 0.25) is 0 Å². The zero-order valence-electron chi connectivity index (χ0n) is 14.2. The predicted molar refractivity (Wildman–Crippen MR) is 92.6 cm³/mol. The van der Waals surface area contributed by atoms with E-state index in [0.717, 1.165) is 19.3 Å². The Morgan fingerprint density at radius 1 is 1.24 bits per heavy atom. The zero-order valence-corrected chi connectivity index (χ0v) is 14.2. The molecule has 0 aliphatic heterocycles. The van der Waals surface area contributed by atoms with Crippen LogP contribution in [0.4, 0.5) is 5.69 Å². The van der Waals surface area contributed by atoms with Crippen LogP contribution in [0.3, 0.4) is 0 Å². The van der Waals surface area contributed by atoms with Crippen LogP contribution in [-0.4, -0.2) is 30.3 Å². The predicted octanol–water partition coefficient (Wildman–Crippen LogP) is 1.57. The summed E-state index contributed by atoms with van der Waals surface area (Å²) in [7, 11) is 0. The fourth-order valence-corrected chi connectivity index (χ4v) is 3.07. The van der Waals surface area contributed by atoms with Gasteiger partial charge >= 0.3 is 0 Å². The molecule has 0 unspecified atom stereocenters. The lowest BCUT2D eigenvalue weighted by atomic mass is 9.83. The molecule has 1 aliphatic carbocycles. The highest BCUT2D eigenvalue weighted by Crippen LogP contribution is 2.25. The van der Waals surface area contributed by atoms with Gasteiger partial charge in [-0.1, -0.05) is 18.9 Å². The molecule has 2 atom stereocenters. The van der Waals surface area contributed by atoms with Gasteiger partial charge in [0.15, 0.2) is 0 Å². The van der Waals surface area contributed by atoms with Crippen molar-refractivity contribution in [2.45, 2.75) is 38.6 Å². The van der Waals surface area contributed by atoms with Gasteiger partial charge in [-0.25, -0.2) is 0 Å². The van der Waals surface area contributed by atoms with Gasteiger partial charge in [-0.2, -0.15) is 5.26 Å². The molecule has 1 saturated carbocycles. The maximum absolute atomic E-state index is 12.5. The third-order valence-corrected chi connectivity index (χ3v) is 4.21. The summed E-state index contributed by atoms with van der Waals surface area (Å²) in [6.07, 6.45) is 3.28. The fraction of sp³-hybridized carbons (Fsp3) is 0.444. The molecule has 25 heavy (non-hydrogen) atoms. The van der Waals surface area contributed by atoms with E-state index in [2.05, 4.69) is 16.0 Å². The van der Waals surface area contributed by atoms with E-state index in [1.807, 2.05) is 6.07 Å². The molecule has 2 rings (SSSR count). The molecule has 1 aromatic rings. The van der Waals surface area contributed by atoms with Crippen LogP contribution in [-0.2, 0) is 9.59 Å². The van der Waals surface area contributed by atoms with Gasteiger partial charge in [0.2, 0.25) is 11.8 Å². The van der Waals surface area contributed by atoms with Gasteiger partial charge in [0.05, 0.1) is 12.0 Å². The smallest absolute Gasteiger partial charge is 0.251 e. The number of anilines is 1. The number of amides is 3. The number of nitriles is 1. The van der Waals surface area contributed by atoms with Crippen LogP contribution in [0.15, 0.2) is 24.3 Å². The quantitative estimate of drug-likeness (QED) is 0.705. The van der Waals surface area contributed by atoms with Gasteiger partial charge in [-0.3, -0.25) is 14.4 Å². The Morgan fingerprint density at radius 3 is 2.72 bits per heavy atom. The largest absolute Gasteiger partial charge is 0.349 e. The van der Waals surface area contributed by atoms with Crippen LogP contribution in [0, 0.1) is 17.2 Å². The van der Waals surface area contributed by atoms with Crippen molar-refractivity contribution < 1.29 is 14.4 Å². The van der Waals surface area contributed by atoms with Gasteiger partial charge < -0.3 is 16.0 Å². The molecule has 7 heteroatoms. The molecule has 0 saturated heterocycles. The number of carbonyl (C=O) groups is 3. The van der Waals surface area contributed by atoms with Crippen LogP contribution in [0.1, 0.15) is 43.0 Å². The van der Waals surface area contributed by atoms with Crippen molar-refractivity contribution in [3.05, 3.63) is 29.8 Å². The highest BCUT2D eigenvalue weighted by Gasteiger charge is 2.32. The Labute approximate surface area is 146 Å². The molecular weight excluding hydrogens is 320 g/mol. The summed E-state index contributed by atoms with van der Waals surface area (Å²) in [5.74, 6) is -1.01. The molecule has 0 heterocycles. The minimum absolute atomic E-state index is 0.0330. The molecule has 3 N–H and O–H groups in total. The first kappa shape index (κ1) is 18.5. The topological polar surface area (TPSA) is 111 Å². The van der Waals surface area contributed by atoms with Gasteiger partial charge in [-0.15, -0.1) is 0 Å². The maximum atomic E-state index is 12.5. The molecule has 3 amide bonds. The van der Waals surface area contributed by atoms with E-state index in [4.69, 9.17) is 5.26 Å². The average molecular weight is 342 g/mol. The summed E-state index contributed by atoms with van der Waals surface area (Å²) < 4.78 is 0. The van der Waals surface area contributed by atoms with Crippen LogP contribution < -0.4 is 16.0 Å². The molecule has 7 nitrogen and oxygen atoms in total. The highest BCUT2D eigenvalue weighted by atomic mass is 16.2. The molecule has 0 aromatic heterocycles. The van der Waals surface area contributed by atoms with E-state index in [1.165, 1.54) is 6.92 Å². The van der Waals surface area contributed by atoms with Crippen LogP contribution in [0.5, 0.6) is 0 Å². The van der Waals surface area contributed by atoms with Crippen molar-refractivity contribution in [1.82, 2.24) is 10.6 Å². The van der Waals surface area contributed by atoms with Crippen molar-refractivity contribution in [2.75, 3.05) is 11.9 Å². The minimum atomic E-state index is -0.329. The Morgan fingerprint density at radius 2 is 2.00 bits per heavy atom. The molecule has 1 aromatic carbocycles. The van der Waals surface area contributed by atoms with Crippen molar-refractivity contribution in [1.29, 1.82) is 5.26 Å². The van der Waals surface area contributed by atoms with Crippen molar-refractivity contribution in [3.63, 3.8) is 0 Å². The maximum Gasteiger partial charge on any atom is 0.251 e. The van der Waals surface area contributed by atoms with Crippen molar-refractivity contribution in [2.24, 2.45) is 5.92 Å². The first-order valence-electron chi connectivity index (χ1n) is 8.34. The summed E-state index contributed by atoms with van der Waals surface area (Å²) in [6, 6.07) is 8.29. The average Bonchev–Trinajstić information content (AvgIpc) is 2.59. The Bertz CT molecular complexity index is 696. The second kappa shape index (κ2) is 8.83.